The van der Waals surface area contributed by atoms with Crippen LogP contribution < -0.4 is 0 Å². The maximum atomic E-state index is 13.1. The van der Waals surface area contributed by atoms with Crippen molar-refractivity contribution in [3.8, 4) is 6.07 Å². The van der Waals surface area contributed by atoms with Crippen molar-refractivity contribution in [1.29, 1.82) is 5.26 Å². The lowest BCUT2D eigenvalue weighted by molar-refractivity contribution is -0.140. The van der Waals surface area contributed by atoms with E-state index in [0.717, 1.165) is 21.7 Å². The first-order valence-corrected chi connectivity index (χ1v) is 11.5. The van der Waals surface area contributed by atoms with Crippen molar-refractivity contribution in [2.45, 2.75) is 46.6 Å². The summed E-state index contributed by atoms with van der Waals surface area (Å²) in [6, 6.07) is 18.8. The van der Waals surface area contributed by atoms with Gasteiger partial charge in [-0.05, 0) is 64.9 Å². The van der Waals surface area contributed by atoms with Crippen LogP contribution in [0.3, 0.4) is 0 Å². The van der Waals surface area contributed by atoms with E-state index in [4.69, 9.17) is 0 Å². The molecule has 0 saturated heterocycles. The SMILES string of the molecule is CCN1C(=O)C(=Cc2cc(C(C)(C)C)cn2Cc2ccc3ccccc3c2)C(C)=C(C#N)C1=O. The standard InChI is InChI=1S/C29H29N3O2/c1-6-32-27(33)25(19(2)26(16-30)28(32)34)15-24-14-23(29(3,4)5)18-31(24)17-20-11-12-21-9-7-8-10-22(21)13-20/h7-15,18H,6,17H2,1-5H3. The summed E-state index contributed by atoms with van der Waals surface area (Å²) >= 11 is 0. The predicted octanol–water partition coefficient (Wildman–Crippen LogP) is 5.60. The maximum Gasteiger partial charge on any atom is 0.271 e. The number of aromatic nitrogens is 1. The minimum absolute atomic E-state index is 0.0244. The summed E-state index contributed by atoms with van der Waals surface area (Å²) in [7, 11) is 0. The lowest BCUT2D eigenvalue weighted by Crippen LogP contribution is -2.42. The molecule has 2 heterocycles. The molecule has 4 rings (SSSR count). The average molecular weight is 452 g/mol. The highest BCUT2D eigenvalue weighted by Crippen LogP contribution is 2.30. The summed E-state index contributed by atoms with van der Waals surface area (Å²) in [6.07, 6.45) is 3.95. The smallest absolute Gasteiger partial charge is 0.271 e. The van der Waals surface area contributed by atoms with Crippen LogP contribution in [0.4, 0.5) is 0 Å². The van der Waals surface area contributed by atoms with E-state index >= 15 is 0 Å². The molecule has 0 aliphatic carbocycles. The van der Waals surface area contributed by atoms with E-state index < -0.39 is 5.91 Å². The van der Waals surface area contributed by atoms with Gasteiger partial charge >= 0.3 is 0 Å². The van der Waals surface area contributed by atoms with Crippen LogP contribution >= 0.6 is 0 Å². The molecule has 0 unspecified atom stereocenters. The van der Waals surface area contributed by atoms with E-state index in [0.29, 0.717) is 17.7 Å². The van der Waals surface area contributed by atoms with E-state index in [1.54, 1.807) is 13.8 Å². The van der Waals surface area contributed by atoms with Crippen LogP contribution in [0.1, 0.15) is 51.4 Å². The van der Waals surface area contributed by atoms with Crippen LogP contribution in [0.25, 0.3) is 16.8 Å². The first-order chi connectivity index (χ1) is 16.1. The van der Waals surface area contributed by atoms with Gasteiger partial charge in [-0.15, -0.1) is 0 Å². The monoisotopic (exact) mass is 451 g/mol. The number of carbonyl (C=O) groups is 2. The molecule has 3 aromatic rings. The number of benzene rings is 2. The molecule has 5 nitrogen and oxygen atoms in total. The second kappa shape index (κ2) is 8.79. The first-order valence-electron chi connectivity index (χ1n) is 11.5. The largest absolute Gasteiger partial charge is 0.343 e. The molecule has 0 N–H and O–H groups in total. The Morgan fingerprint density at radius 2 is 1.71 bits per heavy atom. The number of imide groups is 1. The Bertz CT molecular complexity index is 1410. The van der Waals surface area contributed by atoms with Gasteiger partial charge in [-0.3, -0.25) is 14.5 Å². The maximum absolute atomic E-state index is 13.1. The molecule has 0 spiro atoms. The van der Waals surface area contributed by atoms with Crippen molar-refractivity contribution in [3.05, 3.63) is 88.3 Å². The molecule has 2 aromatic carbocycles. The number of fused-ring (bicyclic) bond motifs is 1. The van der Waals surface area contributed by atoms with Gasteiger partial charge in [0.1, 0.15) is 11.6 Å². The lowest BCUT2D eigenvalue weighted by Gasteiger charge is -2.26. The first kappa shape index (κ1) is 23.3. The molecule has 1 aliphatic rings. The molecule has 172 valence electrons. The molecule has 0 bridgehead atoms. The highest BCUT2D eigenvalue weighted by molar-refractivity contribution is 6.19. The van der Waals surface area contributed by atoms with Crippen LogP contribution in [-0.2, 0) is 21.5 Å². The summed E-state index contributed by atoms with van der Waals surface area (Å²) in [5.74, 6) is -0.883. The van der Waals surface area contributed by atoms with Crippen molar-refractivity contribution in [2.24, 2.45) is 0 Å². The van der Waals surface area contributed by atoms with Crippen LogP contribution in [0.5, 0.6) is 0 Å². The van der Waals surface area contributed by atoms with Gasteiger partial charge in [0, 0.05) is 30.6 Å². The Balaban J connectivity index is 1.84. The van der Waals surface area contributed by atoms with Gasteiger partial charge in [0.25, 0.3) is 11.8 Å². The van der Waals surface area contributed by atoms with Crippen molar-refractivity contribution in [2.75, 3.05) is 6.54 Å². The second-order valence-electron chi connectivity index (χ2n) is 9.74. The quantitative estimate of drug-likeness (QED) is 0.383. The molecule has 0 fully saturated rings. The molecule has 5 heteroatoms. The predicted molar refractivity (Wildman–Crippen MR) is 135 cm³/mol. The Morgan fingerprint density at radius 1 is 1.00 bits per heavy atom. The van der Waals surface area contributed by atoms with E-state index in [1.165, 1.54) is 10.8 Å². The van der Waals surface area contributed by atoms with Gasteiger partial charge in [0.15, 0.2) is 0 Å². The number of hydrogen-bond donors (Lipinski definition) is 0. The Kier molecular flexibility index (Phi) is 6.01. The number of nitrogens with zero attached hydrogens (tertiary/aromatic N) is 3. The van der Waals surface area contributed by atoms with E-state index in [9.17, 15) is 14.9 Å². The van der Waals surface area contributed by atoms with Crippen molar-refractivity contribution >= 4 is 28.7 Å². The molecule has 0 saturated carbocycles. The highest BCUT2D eigenvalue weighted by Gasteiger charge is 2.34. The Hall–Kier alpha value is -3.91. The highest BCUT2D eigenvalue weighted by atomic mass is 16.2. The topological polar surface area (TPSA) is 66.1 Å². The Labute approximate surface area is 200 Å². The summed E-state index contributed by atoms with van der Waals surface area (Å²) < 4.78 is 2.14. The normalized spacial score (nSPS) is 16.0. The van der Waals surface area contributed by atoms with Crippen molar-refractivity contribution in [3.63, 3.8) is 0 Å². The number of rotatable bonds is 4. The number of carbonyl (C=O) groups excluding carboxylic acids is 2. The van der Waals surface area contributed by atoms with Crippen LogP contribution in [-0.4, -0.2) is 27.8 Å². The van der Waals surface area contributed by atoms with Crippen LogP contribution in [0.2, 0.25) is 0 Å². The van der Waals surface area contributed by atoms with Gasteiger partial charge in [-0.2, -0.15) is 5.26 Å². The van der Waals surface area contributed by atoms with E-state index in [1.807, 2.05) is 24.3 Å². The third-order valence-corrected chi connectivity index (χ3v) is 6.40. The van der Waals surface area contributed by atoms with Crippen molar-refractivity contribution < 1.29 is 9.59 Å². The summed E-state index contributed by atoms with van der Waals surface area (Å²) in [5.41, 5.74) is 3.93. The lowest BCUT2D eigenvalue weighted by atomic mass is 9.89. The zero-order valence-electron chi connectivity index (χ0n) is 20.3. The van der Waals surface area contributed by atoms with Gasteiger partial charge in [-0.25, -0.2) is 0 Å². The fourth-order valence-corrected chi connectivity index (χ4v) is 4.29. The fraction of sp³-hybridized carbons (Fsp3) is 0.276. The Morgan fingerprint density at radius 3 is 2.35 bits per heavy atom. The molecule has 1 aromatic heterocycles. The number of hydrogen-bond acceptors (Lipinski definition) is 3. The van der Waals surface area contributed by atoms with E-state index in [2.05, 4.69) is 67.9 Å². The van der Waals surface area contributed by atoms with Crippen LogP contribution in [0, 0.1) is 11.3 Å². The molecule has 34 heavy (non-hydrogen) atoms. The second-order valence-corrected chi connectivity index (χ2v) is 9.74. The molecule has 1 aliphatic heterocycles. The molecule has 0 atom stereocenters. The number of nitriles is 1. The van der Waals surface area contributed by atoms with Crippen LogP contribution in [0.15, 0.2) is 71.4 Å². The van der Waals surface area contributed by atoms with Gasteiger partial charge < -0.3 is 4.57 Å². The minimum atomic E-state index is -0.522. The average Bonchev–Trinajstić information content (AvgIpc) is 3.20. The van der Waals surface area contributed by atoms with Crippen molar-refractivity contribution in [1.82, 2.24) is 9.47 Å². The summed E-state index contributed by atoms with van der Waals surface area (Å²) in [4.78, 5) is 26.8. The fourth-order valence-electron chi connectivity index (χ4n) is 4.29. The minimum Gasteiger partial charge on any atom is -0.343 e. The summed E-state index contributed by atoms with van der Waals surface area (Å²) in [5, 5.41) is 11.9. The van der Waals surface area contributed by atoms with Gasteiger partial charge in [-0.1, -0.05) is 57.2 Å². The molecule has 0 radical (unpaired) electrons. The number of amides is 2. The third-order valence-electron chi connectivity index (χ3n) is 6.40. The molecular weight excluding hydrogens is 422 g/mol. The zero-order chi connectivity index (χ0) is 24.6. The van der Waals surface area contributed by atoms with E-state index in [-0.39, 0.29) is 23.4 Å². The van der Waals surface area contributed by atoms with Gasteiger partial charge in [0.05, 0.1) is 0 Å². The molecule has 2 amide bonds. The third kappa shape index (κ3) is 4.20. The molecular formula is C29H29N3O2. The zero-order valence-corrected chi connectivity index (χ0v) is 20.3. The van der Waals surface area contributed by atoms with Gasteiger partial charge in [0.2, 0.25) is 0 Å². The number of likely N-dealkylation sites (N-methyl/N-ethyl adjacent to an activating group) is 1. The summed E-state index contributed by atoms with van der Waals surface area (Å²) in [6.45, 7) is 10.7.